The van der Waals surface area contributed by atoms with E-state index in [1.807, 2.05) is 31.2 Å². The van der Waals surface area contributed by atoms with Gasteiger partial charge in [0.05, 0.1) is 11.6 Å². The van der Waals surface area contributed by atoms with Crippen LogP contribution in [0.2, 0.25) is 10.0 Å². The minimum atomic E-state index is 0.424. The summed E-state index contributed by atoms with van der Waals surface area (Å²) < 4.78 is 0. The zero-order valence-corrected chi connectivity index (χ0v) is 15.0. The maximum Gasteiger partial charge on any atom is 0.0994 e. The third-order valence-corrected chi connectivity index (χ3v) is 5.07. The van der Waals surface area contributed by atoms with Crippen LogP contribution in [0.4, 0.5) is 5.69 Å². The highest BCUT2D eigenvalue weighted by Gasteiger charge is 2.22. The number of nitriles is 1. The molecule has 3 rings (SSSR count). The fraction of sp³-hybridized carbons (Fsp3) is 0.316. The highest BCUT2D eigenvalue weighted by Crippen LogP contribution is 2.24. The van der Waals surface area contributed by atoms with Gasteiger partial charge in [0.25, 0.3) is 0 Å². The third kappa shape index (κ3) is 3.84. The quantitative estimate of drug-likeness (QED) is 0.870. The number of benzene rings is 2. The zero-order valence-electron chi connectivity index (χ0n) is 13.5. The first kappa shape index (κ1) is 17.1. The van der Waals surface area contributed by atoms with E-state index in [-0.39, 0.29) is 0 Å². The van der Waals surface area contributed by atoms with Crippen molar-refractivity contribution in [3.63, 3.8) is 0 Å². The summed E-state index contributed by atoms with van der Waals surface area (Å²) in [6, 6.07) is 14.3. The van der Waals surface area contributed by atoms with Crippen molar-refractivity contribution in [3.8, 4) is 6.07 Å². The maximum atomic E-state index is 9.04. The highest BCUT2D eigenvalue weighted by molar-refractivity contribution is 6.35. The van der Waals surface area contributed by atoms with Gasteiger partial charge >= 0.3 is 0 Å². The number of hydrogen-bond acceptors (Lipinski definition) is 3. The van der Waals surface area contributed by atoms with E-state index in [1.54, 1.807) is 6.07 Å². The summed E-state index contributed by atoms with van der Waals surface area (Å²) in [7, 11) is 0. The number of rotatable bonds is 4. The lowest BCUT2D eigenvalue weighted by Crippen LogP contribution is -2.32. The molecular weight excluding hydrogens is 341 g/mol. The fourth-order valence-corrected chi connectivity index (χ4v) is 3.53. The average molecular weight is 360 g/mol. The second-order valence-corrected chi connectivity index (χ2v) is 7.00. The molecule has 0 radical (unpaired) electrons. The van der Waals surface area contributed by atoms with Crippen molar-refractivity contribution >= 4 is 28.9 Å². The van der Waals surface area contributed by atoms with Crippen LogP contribution in [0.15, 0.2) is 36.4 Å². The monoisotopic (exact) mass is 359 g/mol. The van der Waals surface area contributed by atoms with Crippen LogP contribution in [0.3, 0.4) is 0 Å². The van der Waals surface area contributed by atoms with E-state index in [2.05, 4.69) is 22.4 Å². The lowest BCUT2D eigenvalue weighted by Gasteiger charge is -2.20. The first-order valence-corrected chi connectivity index (χ1v) is 8.75. The molecule has 24 heavy (non-hydrogen) atoms. The highest BCUT2D eigenvalue weighted by atomic mass is 35.5. The van der Waals surface area contributed by atoms with Gasteiger partial charge in [-0.2, -0.15) is 5.26 Å². The zero-order chi connectivity index (χ0) is 17.1. The Labute approximate surface area is 152 Å². The van der Waals surface area contributed by atoms with E-state index < -0.39 is 0 Å². The first-order chi connectivity index (χ1) is 11.6. The Hall–Kier alpha value is -1.73. The molecule has 2 aromatic carbocycles. The van der Waals surface area contributed by atoms with Crippen LogP contribution in [-0.2, 0) is 6.54 Å². The van der Waals surface area contributed by atoms with Crippen LogP contribution < -0.4 is 10.2 Å². The van der Waals surface area contributed by atoms with Gasteiger partial charge in [-0.05, 0) is 54.8 Å². The summed E-state index contributed by atoms with van der Waals surface area (Å²) in [6.45, 7) is 4.69. The van der Waals surface area contributed by atoms with Gasteiger partial charge in [-0.15, -0.1) is 0 Å². The fourth-order valence-electron chi connectivity index (χ4n) is 3.05. The predicted molar refractivity (Wildman–Crippen MR) is 99.8 cm³/mol. The Kier molecular flexibility index (Phi) is 5.30. The second-order valence-electron chi connectivity index (χ2n) is 6.16. The average Bonchev–Trinajstić information content (AvgIpc) is 3.03. The van der Waals surface area contributed by atoms with Gasteiger partial charge in [-0.1, -0.05) is 29.3 Å². The van der Waals surface area contributed by atoms with Gasteiger partial charge in [0, 0.05) is 41.4 Å². The Balaban J connectivity index is 1.59. The van der Waals surface area contributed by atoms with Crippen LogP contribution in [-0.4, -0.2) is 19.1 Å². The molecule has 1 heterocycles. The second kappa shape index (κ2) is 7.44. The molecule has 0 amide bonds. The van der Waals surface area contributed by atoms with Crippen LogP contribution in [0.25, 0.3) is 0 Å². The van der Waals surface area contributed by atoms with Crippen molar-refractivity contribution in [1.82, 2.24) is 5.32 Å². The van der Waals surface area contributed by atoms with E-state index in [4.69, 9.17) is 28.5 Å². The van der Waals surface area contributed by atoms with Crippen LogP contribution in [0.1, 0.15) is 23.1 Å². The molecule has 0 spiro atoms. The molecular formula is C19H19Cl2N3. The van der Waals surface area contributed by atoms with Crippen molar-refractivity contribution < 1.29 is 0 Å². The summed E-state index contributed by atoms with van der Waals surface area (Å²) in [5.41, 5.74) is 4.01. The minimum absolute atomic E-state index is 0.424. The molecule has 2 aromatic rings. The molecule has 1 N–H and O–H groups in total. The van der Waals surface area contributed by atoms with Crippen LogP contribution >= 0.6 is 23.2 Å². The number of aryl methyl sites for hydroxylation is 1. The molecule has 0 aromatic heterocycles. The first-order valence-electron chi connectivity index (χ1n) is 8.00. The van der Waals surface area contributed by atoms with Crippen molar-refractivity contribution in [2.75, 3.05) is 18.0 Å². The van der Waals surface area contributed by atoms with Crippen LogP contribution in [0.5, 0.6) is 0 Å². The van der Waals surface area contributed by atoms with Gasteiger partial charge in [0.1, 0.15) is 0 Å². The Morgan fingerprint density at radius 3 is 2.79 bits per heavy atom. The number of halogens is 2. The Morgan fingerprint density at radius 2 is 2.08 bits per heavy atom. The van der Waals surface area contributed by atoms with E-state index in [1.165, 1.54) is 5.69 Å². The van der Waals surface area contributed by atoms with Crippen molar-refractivity contribution in [3.05, 3.63) is 63.1 Å². The topological polar surface area (TPSA) is 39.1 Å². The number of nitrogens with one attached hydrogen (secondary N) is 1. The molecule has 1 aliphatic rings. The molecule has 5 heteroatoms. The van der Waals surface area contributed by atoms with Gasteiger partial charge in [-0.3, -0.25) is 0 Å². The molecule has 1 saturated heterocycles. The standard InChI is InChI=1S/C19H19Cl2N3/c1-13-8-18(5-3-14(13)10-22)24-7-6-17(12-24)23-11-15-2-4-16(20)9-19(15)21/h2-5,8-9,17,23H,6-7,11-12H2,1H3. The molecule has 0 bridgehead atoms. The molecule has 1 fully saturated rings. The smallest absolute Gasteiger partial charge is 0.0994 e. The van der Waals surface area contributed by atoms with E-state index in [9.17, 15) is 0 Å². The molecule has 3 nitrogen and oxygen atoms in total. The van der Waals surface area contributed by atoms with E-state index >= 15 is 0 Å². The number of nitrogens with zero attached hydrogens (tertiary/aromatic N) is 2. The lowest BCUT2D eigenvalue weighted by atomic mass is 10.1. The molecule has 1 atom stereocenters. The molecule has 124 valence electrons. The Bertz CT molecular complexity index is 783. The van der Waals surface area contributed by atoms with Gasteiger partial charge in [0.2, 0.25) is 0 Å². The predicted octanol–water partition coefficient (Wildman–Crippen LogP) is 4.54. The summed E-state index contributed by atoms with van der Waals surface area (Å²) in [5.74, 6) is 0. The van der Waals surface area contributed by atoms with E-state index in [0.29, 0.717) is 16.1 Å². The molecule has 0 aliphatic carbocycles. The SMILES string of the molecule is Cc1cc(N2CCC(NCc3ccc(Cl)cc3Cl)C2)ccc1C#N. The van der Waals surface area contributed by atoms with Gasteiger partial charge in [0.15, 0.2) is 0 Å². The number of hydrogen-bond donors (Lipinski definition) is 1. The van der Waals surface area contributed by atoms with Gasteiger partial charge < -0.3 is 10.2 Å². The maximum absolute atomic E-state index is 9.04. The van der Waals surface area contributed by atoms with E-state index in [0.717, 1.165) is 42.7 Å². The normalized spacial score (nSPS) is 17.1. The minimum Gasteiger partial charge on any atom is -0.370 e. The largest absolute Gasteiger partial charge is 0.370 e. The Morgan fingerprint density at radius 1 is 1.25 bits per heavy atom. The summed E-state index contributed by atoms with van der Waals surface area (Å²) in [6.07, 6.45) is 1.09. The third-order valence-electron chi connectivity index (χ3n) is 4.48. The van der Waals surface area contributed by atoms with Crippen LogP contribution in [0, 0.1) is 18.3 Å². The van der Waals surface area contributed by atoms with Crippen molar-refractivity contribution in [2.24, 2.45) is 0 Å². The summed E-state index contributed by atoms with van der Waals surface area (Å²) >= 11 is 12.2. The lowest BCUT2D eigenvalue weighted by molar-refractivity contribution is 0.551. The summed E-state index contributed by atoms with van der Waals surface area (Å²) in [4.78, 5) is 2.36. The molecule has 0 saturated carbocycles. The van der Waals surface area contributed by atoms with Crippen molar-refractivity contribution in [1.29, 1.82) is 5.26 Å². The number of anilines is 1. The molecule has 1 unspecified atom stereocenters. The van der Waals surface area contributed by atoms with Gasteiger partial charge in [-0.25, -0.2) is 0 Å². The summed E-state index contributed by atoms with van der Waals surface area (Å²) in [5, 5.41) is 14.0. The molecule has 1 aliphatic heterocycles. The van der Waals surface area contributed by atoms with Crippen molar-refractivity contribution in [2.45, 2.75) is 25.9 Å².